The van der Waals surface area contributed by atoms with Crippen molar-refractivity contribution in [2.24, 2.45) is 0 Å². The van der Waals surface area contributed by atoms with Gasteiger partial charge in [-0.15, -0.1) is 6.42 Å². The molecule has 0 unspecified atom stereocenters. The highest BCUT2D eigenvalue weighted by Crippen LogP contribution is 2.32. The van der Waals surface area contributed by atoms with Gasteiger partial charge in [0.05, 0.1) is 19.4 Å². The molecule has 30 heavy (non-hydrogen) atoms. The first-order valence-electron chi connectivity index (χ1n) is 9.31. The molecule has 7 heteroatoms. The Hall–Kier alpha value is -3.50. The molecule has 6 nitrogen and oxygen atoms in total. The molecule has 2 aromatic rings. The highest BCUT2D eigenvalue weighted by molar-refractivity contribution is 7.80. The fourth-order valence-electron chi connectivity index (χ4n) is 3.01. The fraction of sp³-hybridized carbons (Fsp3) is 0.217. The monoisotopic (exact) mass is 422 g/mol. The lowest BCUT2D eigenvalue weighted by Gasteiger charge is -2.16. The number of methoxy groups -OCH3 is 1. The minimum atomic E-state index is -0.210. The predicted molar refractivity (Wildman–Crippen MR) is 121 cm³/mol. The Morgan fingerprint density at radius 3 is 2.50 bits per heavy atom. The maximum absolute atomic E-state index is 13.1. The summed E-state index contributed by atoms with van der Waals surface area (Å²) >= 11 is 5.51. The third kappa shape index (κ3) is 4.24. The first-order chi connectivity index (χ1) is 14.5. The molecule has 1 amide bonds. The van der Waals surface area contributed by atoms with E-state index in [9.17, 15) is 4.79 Å². The average Bonchev–Trinajstić information content (AvgIpc) is 2.96. The molecule has 0 aliphatic carbocycles. The number of hydrogen-bond acceptors (Lipinski definition) is 5. The van der Waals surface area contributed by atoms with Crippen LogP contribution in [0.15, 0.2) is 48.2 Å². The fourth-order valence-corrected chi connectivity index (χ4v) is 3.30. The minimum Gasteiger partial charge on any atom is -0.494 e. The molecule has 1 saturated heterocycles. The molecule has 0 saturated carbocycles. The SMILES string of the molecule is C#CCOc1ccc(/C=C2/C(=O)N(c3ccc(OCC)cc3)C(=S)N2C)cc1OC. The number of benzene rings is 2. The highest BCUT2D eigenvalue weighted by Gasteiger charge is 2.36. The Morgan fingerprint density at radius 2 is 1.87 bits per heavy atom. The lowest BCUT2D eigenvalue weighted by Crippen LogP contribution is -2.31. The van der Waals surface area contributed by atoms with Crippen molar-refractivity contribution in [1.29, 1.82) is 0 Å². The highest BCUT2D eigenvalue weighted by atomic mass is 32.1. The van der Waals surface area contributed by atoms with Crippen LogP contribution in [0.1, 0.15) is 12.5 Å². The molecule has 1 heterocycles. The Balaban J connectivity index is 1.89. The van der Waals surface area contributed by atoms with Crippen molar-refractivity contribution in [1.82, 2.24) is 4.90 Å². The van der Waals surface area contributed by atoms with Crippen molar-refractivity contribution in [3.63, 3.8) is 0 Å². The van der Waals surface area contributed by atoms with Gasteiger partial charge in [0, 0.05) is 7.05 Å². The quantitative estimate of drug-likeness (QED) is 0.385. The van der Waals surface area contributed by atoms with Gasteiger partial charge in [-0.2, -0.15) is 0 Å². The van der Waals surface area contributed by atoms with Crippen LogP contribution in [0.3, 0.4) is 0 Å². The van der Waals surface area contributed by atoms with Crippen LogP contribution >= 0.6 is 12.2 Å². The number of anilines is 1. The van der Waals surface area contributed by atoms with Gasteiger partial charge in [-0.3, -0.25) is 9.69 Å². The predicted octanol–water partition coefficient (Wildman–Crippen LogP) is 3.71. The topological polar surface area (TPSA) is 51.2 Å². The van der Waals surface area contributed by atoms with Crippen LogP contribution < -0.4 is 19.1 Å². The van der Waals surface area contributed by atoms with Gasteiger partial charge in [0.25, 0.3) is 5.91 Å². The number of terminal acetylenes is 1. The third-order valence-corrected chi connectivity index (χ3v) is 4.93. The van der Waals surface area contributed by atoms with Crippen molar-refractivity contribution in [2.45, 2.75) is 6.92 Å². The Bertz CT molecular complexity index is 1020. The van der Waals surface area contributed by atoms with Crippen LogP contribution in [0.2, 0.25) is 0 Å². The van der Waals surface area contributed by atoms with Gasteiger partial charge in [0.15, 0.2) is 16.6 Å². The van der Waals surface area contributed by atoms with E-state index in [-0.39, 0.29) is 12.5 Å². The Labute approximate surface area is 181 Å². The average molecular weight is 423 g/mol. The summed E-state index contributed by atoms with van der Waals surface area (Å²) in [6.07, 6.45) is 7.00. The summed E-state index contributed by atoms with van der Waals surface area (Å²) in [5, 5.41) is 0.399. The molecule has 0 atom stereocenters. The molecule has 2 aromatic carbocycles. The summed E-state index contributed by atoms with van der Waals surface area (Å²) in [4.78, 5) is 16.3. The van der Waals surface area contributed by atoms with Crippen LogP contribution in [-0.4, -0.2) is 43.3 Å². The standard InChI is InChI=1S/C23H22N2O4S/c1-5-13-29-20-12-7-16(15-21(20)27-4)14-19-22(26)25(23(30)24(19)3)17-8-10-18(11-9-17)28-6-2/h1,7-12,14-15H,6,13H2,2-4H3/b19-14-. The van der Waals surface area contributed by atoms with Gasteiger partial charge in [-0.25, -0.2) is 0 Å². The molecule has 0 bridgehead atoms. The summed E-state index contributed by atoms with van der Waals surface area (Å²) in [5.74, 6) is 4.01. The number of nitrogens with zero attached hydrogens (tertiary/aromatic N) is 2. The Morgan fingerprint density at radius 1 is 1.13 bits per heavy atom. The molecule has 154 valence electrons. The molecular weight excluding hydrogens is 400 g/mol. The maximum atomic E-state index is 13.1. The van der Waals surface area contributed by atoms with E-state index in [1.54, 1.807) is 37.3 Å². The van der Waals surface area contributed by atoms with E-state index in [4.69, 9.17) is 32.9 Å². The van der Waals surface area contributed by atoms with Gasteiger partial charge in [0.1, 0.15) is 18.1 Å². The second-order valence-corrected chi connectivity index (χ2v) is 6.71. The Kier molecular flexibility index (Phi) is 6.60. The first-order valence-corrected chi connectivity index (χ1v) is 9.72. The molecule has 0 radical (unpaired) electrons. The number of hydrogen-bond donors (Lipinski definition) is 0. The molecule has 1 aliphatic rings. The van der Waals surface area contributed by atoms with Crippen molar-refractivity contribution in [3.8, 4) is 29.6 Å². The van der Waals surface area contributed by atoms with Crippen molar-refractivity contribution in [2.75, 3.05) is 32.3 Å². The second kappa shape index (κ2) is 9.33. The zero-order valence-corrected chi connectivity index (χ0v) is 17.9. The van der Waals surface area contributed by atoms with Gasteiger partial charge < -0.3 is 19.1 Å². The number of carbonyl (C=O) groups is 1. The summed E-state index contributed by atoms with van der Waals surface area (Å²) in [7, 11) is 3.31. The molecule has 0 aromatic heterocycles. The number of amides is 1. The molecular formula is C23H22N2O4S. The van der Waals surface area contributed by atoms with E-state index >= 15 is 0 Å². The van der Waals surface area contributed by atoms with Crippen LogP contribution in [0.25, 0.3) is 6.08 Å². The van der Waals surface area contributed by atoms with Crippen molar-refractivity contribution in [3.05, 3.63) is 53.7 Å². The lowest BCUT2D eigenvalue weighted by atomic mass is 10.1. The first kappa shape index (κ1) is 21.2. The van der Waals surface area contributed by atoms with Crippen LogP contribution in [0, 0.1) is 12.3 Å². The number of ether oxygens (including phenoxy) is 3. The second-order valence-electron chi connectivity index (χ2n) is 6.34. The molecule has 3 rings (SSSR count). The summed E-state index contributed by atoms with van der Waals surface area (Å²) < 4.78 is 16.3. The third-order valence-electron chi connectivity index (χ3n) is 4.47. The van der Waals surface area contributed by atoms with E-state index in [1.165, 1.54) is 4.90 Å². The zero-order chi connectivity index (χ0) is 21.7. The number of likely N-dealkylation sites (N-methyl/N-ethyl adjacent to an activating group) is 1. The van der Waals surface area contributed by atoms with E-state index in [1.807, 2.05) is 37.3 Å². The maximum Gasteiger partial charge on any atom is 0.281 e. The molecule has 1 aliphatic heterocycles. The normalized spacial score (nSPS) is 14.8. The van der Waals surface area contributed by atoms with Gasteiger partial charge in [0.2, 0.25) is 0 Å². The van der Waals surface area contributed by atoms with E-state index in [0.29, 0.717) is 34.6 Å². The smallest absolute Gasteiger partial charge is 0.281 e. The number of thiocarbonyl (C=S) groups is 1. The summed E-state index contributed by atoms with van der Waals surface area (Å²) in [6, 6.07) is 12.6. The molecule has 0 spiro atoms. The number of rotatable bonds is 7. The molecule has 0 N–H and O–H groups in total. The lowest BCUT2D eigenvalue weighted by molar-refractivity contribution is -0.114. The summed E-state index contributed by atoms with van der Waals surface area (Å²) in [6.45, 7) is 2.64. The van der Waals surface area contributed by atoms with Gasteiger partial charge in [-0.05, 0) is 67.2 Å². The van der Waals surface area contributed by atoms with E-state index < -0.39 is 0 Å². The molecule has 1 fully saturated rings. The van der Waals surface area contributed by atoms with Crippen LogP contribution in [0.4, 0.5) is 5.69 Å². The minimum absolute atomic E-state index is 0.142. The van der Waals surface area contributed by atoms with Crippen molar-refractivity contribution >= 4 is 35.0 Å². The van der Waals surface area contributed by atoms with Crippen LogP contribution in [-0.2, 0) is 4.79 Å². The van der Waals surface area contributed by atoms with Crippen LogP contribution in [0.5, 0.6) is 17.2 Å². The largest absolute Gasteiger partial charge is 0.494 e. The zero-order valence-electron chi connectivity index (χ0n) is 17.0. The van der Waals surface area contributed by atoms with Gasteiger partial charge in [-0.1, -0.05) is 12.0 Å². The van der Waals surface area contributed by atoms with E-state index in [0.717, 1.165) is 11.3 Å². The number of carbonyl (C=O) groups excluding carboxylic acids is 1. The van der Waals surface area contributed by atoms with Crippen molar-refractivity contribution < 1.29 is 19.0 Å². The van der Waals surface area contributed by atoms with Gasteiger partial charge >= 0.3 is 0 Å². The van der Waals surface area contributed by atoms with E-state index in [2.05, 4.69) is 5.92 Å². The summed E-state index contributed by atoms with van der Waals surface area (Å²) in [5.41, 5.74) is 1.90.